The Balaban J connectivity index is 2.69. The van der Waals surface area contributed by atoms with Gasteiger partial charge in [-0.3, -0.25) is 4.79 Å². The van der Waals surface area contributed by atoms with Gasteiger partial charge in [-0.2, -0.15) is 0 Å². The van der Waals surface area contributed by atoms with E-state index >= 15 is 0 Å². The molecule has 1 atom stereocenters. The second kappa shape index (κ2) is 5.51. The van der Waals surface area contributed by atoms with Crippen molar-refractivity contribution in [3.8, 4) is 0 Å². The first-order valence-electron chi connectivity index (χ1n) is 4.94. The molecule has 3 heteroatoms. The number of methoxy groups -OCH3 is 1. The fraction of sp³-hybridized carbons (Fsp3) is 0.417. The first-order valence-corrected chi connectivity index (χ1v) is 4.94. The summed E-state index contributed by atoms with van der Waals surface area (Å²) in [6.07, 6.45) is 0.525. The summed E-state index contributed by atoms with van der Waals surface area (Å²) < 4.78 is 4.59. The van der Waals surface area contributed by atoms with Crippen LogP contribution in [0.15, 0.2) is 24.3 Å². The minimum Gasteiger partial charge on any atom is -0.469 e. The number of ether oxygens (including phenoxy) is 1. The van der Waals surface area contributed by atoms with E-state index in [1.165, 1.54) is 7.11 Å². The van der Waals surface area contributed by atoms with Crippen LogP contribution in [0.2, 0.25) is 0 Å². The van der Waals surface area contributed by atoms with E-state index < -0.39 is 0 Å². The third-order valence-corrected chi connectivity index (χ3v) is 2.10. The molecule has 0 saturated carbocycles. The van der Waals surface area contributed by atoms with Crippen LogP contribution in [0.25, 0.3) is 0 Å². The minimum atomic E-state index is -0.363. The van der Waals surface area contributed by atoms with Crippen LogP contribution < -0.4 is 0 Å². The number of carbonyl (C=O) groups is 1. The minimum absolute atomic E-state index is 0.246. The van der Waals surface area contributed by atoms with Crippen molar-refractivity contribution in [3.63, 3.8) is 0 Å². The lowest BCUT2D eigenvalue weighted by molar-refractivity contribution is -0.139. The van der Waals surface area contributed by atoms with Gasteiger partial charge in [-0.05, 0) is 24.5 Å². The standard InChI is InChI=1S/C12H16O3/c1-9(13)6-10-4-3-5-11(7-10)8-12(14)15-2/h3-5,7,9,13H,6,8H2,1-2H3. The van der Waals surface area contributed by atoms with Gasteiger partial charge in [0, 0.05) is 0 Å². The van der Waals surface area contributed by atoms with E-state index in [2.05, 4.69) is 4.74 Å². The molecule has 0 saturated heterocycles. The lowest BCUT2D eigenvalue weighted by atomic mass is 10.0. The number of hydrogen-bond donors (Lipinski definition) is 1. The average Bonchev–Trinajstić information content (AvgIpc) is 2.17. The Labute approximate surface area is 89.7 Å². The van der Waals surface area contributed by atoms with E-state index in [1.54, 1.807) is 6.92 Å². The van der Waals surface area contributed by atoms with Gasteiger partial charge in [-0.25, -0.2) is 0 Å². The topological polar surface area (TPSA) is 46.5 Å². The Kier molecular flexibility index (Phi) is 4.31. The fourth-order valence-corrected chi connectivity index (χ4v) is 1.45. The summed E-state index contributed by atoms with van der Waals surface area (Å²) >= 11 is 0. The van der Waals surface area contributed by atoms with Crippen LogP contribution in [0.5, 0.6) is 0 Å². The van der Waals surface area contributed by atoms with E-state index in [4.69, 9.17) is 0 Å². The first kappa shape index (κ1) is 11.7. The molecule has 0 aliphatic heterocycles. The maximum atomic E-state index is 11.0. The molecule has 82 valence electrons. The highest BCUT2D eigenvalue weighted by atomic mass is 16.5. The van der Waals surface area contributed by atoms with Gasteiger partial charge in [-0.1, -0.05) is 24.3 Å². The summed E-state index contributed by atoms with van der Waals surface area (Å²) in [6.45, 7) is 1.74. The summed E-state index contributed by atoms with van der Waals surface area (Å²) in [4.78, 5) is 11.0. The highest BCUT2D eigenvalue weighted by Gasteiger charge is 2.04. The summed E-state index contributed by atoms with van der Waals surface area (Å²) in [5, 5.41) is 9.23. The Hall–Kier alpha value is -1.35. The monoisotopic (exact) mass is 208 g/mol. The molecule has 3 nitrogen and oxygen atoms in total. The molecule has 0 heterocycles. The van der Waals surface area contributed by atoms with E-state index in [0.717, 1.165) is 11.1 Å². The molecule has 1 N–H and O–H groups in total. The van der Waals surface area contributed by atoms with Crippen LogP contribution in [-0.4, -0.2) is 24.3 Å². The van der Waals surface area contributed by atoms with E-state index in [-0.39, 0.29) is 18.5 Å². The largest absolute Gasteiger partial charge is 0.469 e. The normalized spacial score (nSPS) is 12.2. The molecular formula is C12H16O3. The third-order valence-electron chi connectivity index (χ3n) is 2.10. The molecule has 0 radical (unpaired) electrons. The van der Waals surface area contributed by atoms with Gasteiger partial charge in [0.05, 0.1) is 19.6 Å². The molecule has 0 amide bonds. The lowest BCUT2D eigenvalue weighted by Gasteiger charge is -2.06. The van der Waals surface area contributed by atoms with Gasteiger partial charge in [-0.15, -0.1) is 0 Å². The van der Waals surface area contributed by atoms with Gasteiger partial charge in [0.25, 0.3) is 0 Å². The van der Waals surface area contributed by atoms with Crippen molar-refractivity contribution in [3.05, 3.63) is 35.4 Å². The molecule has 0 bridgehead atoms. The number of carbonyl (C=O) groups excluding carboxylic acids is 1. The Morgan fingerprint density at radius 3 is 2.73 bits per heavy atom. The smallest absolute Gasteiger partial charge is 0.309 e. The highest BCUT2D eigenvalue weighted by molar-refractivity contribution is 5.72. The molecular weight excluding hydrogens is 192 g/mol. The number of aliphatic hydroxyl groups excluding tert-OH is 1. The van der Waals surface area contributed by atoms with Crippen molar-refractivity contribution in [1.29, 1.82) is 0 Å². The Morgan fingerprint density at radius 2 is 2.13 bits per heavy atom. The number of benzene rings is 1. The van der Waals surface area contributed by atoms with Crippen LogP contribution in [0.1, 0.15) is 18.1 Å². The van der Waals surface area contributed by atoms with Crippen LogP contribution >= 0.6 is 0 Å². The maximum absolute atomic E-state index is 11.0. The zero-order chi connectivity index (χ0) is 11.3. The van der Waals surface area contributed by atoms with E-state index in [0.29, 0.717) is 6.42 Å². The number of hydrogen-bond acceptors (Lipinski definition) is 3. The molecule has 0 aliphatic carbocycles. The summed E-state index contributed by atoms with van der Waals surface area (Å²) in [5.41, 5.74) is 1.95. The van der Waals surface area contributed by atoms with Crippen LogP contribution in [0.4, 0.5) is 0 Å². The molecule has 15 heavy (non-hydrogen) atoms. The summed E-state index contributed by atoms with van der Waals surface area (Å²) in [6, 6.07) is 7.62. The third kappa shape index (κ3) is 4.13. The van der Waals surface area contributed by atoms with Crippen LogP contribution in [0, 0.1) is 0 Å². The maximum Gasteiger partial charge on any atom is 0.309 e. The molecule has 0 spiro atoms. The lowest BCUT2D eigenvalue weighted by Crippen LogP contribution is -2.07. The Bertz CT molecular complexity index is 331. The SMILES string of the molecule is COC(=O)Cc1cccc(CC(C)O)c1. The van der Waals surface area contributed by atoms with E-state index in [1.807, 2.05) is 24.3 Å². The molecule has 0 aromatic heterocycles. The van der Waals surface area contributed by atoms with Gasteiger partial charge in [0.2, 0.25) is 0 Å². The van der Waals surface area contributed by atoms with Gasteiger partial charge in [0.15, 0.2) is 0 Å². The average molecular weight is 208 g/mol. The van der Waals surface area contributed by atoms with E-state index in [9.17, 15) is 9.90 Å². The number of esters is 1. The summed E-state index contributed by atoms with van der Waals surface area (Å²) in [7, 11) is 1.38. The zero-order valence-corrected chi connectivity index (χ0v) is 9.06. The van der Waals surface area contributed by atoms with Crippen molar-refractivity contribution in [2.24, 2.45) is 0 Å². The summed E-state index contributed by atoms with van der Waals surface area (Å²) in [5.74, 6) is -0.246. The molecule has 1 unspecified atom stereocenters. The predicted octanol–water partition coefficient (Wildman–Crippen LogP) is 1.33. The second-order valence-corrected chi connectivity index (χ2v) is 3.63. The van der Waals surface area contributed by atoms with Crippen LogP contribution in [-0.2, 0) is 22.4 Å². The Morgan fingerprint density at radius 1 is 1.47 bits per heavy atom. The first-order chi connectivity index (χ1) is 7.11. The van der Waals surface area contributed by atoms with Crippen molar-refractivity contribution in [2.45, 2.75) is 25.9 Å². The molecule has 1 aromatic rings. The molecule has 0 aliphatic rings. The van der Waals surface area contributed by atoms with Gasteiger partial charge < -0.3 is 9.84 Å². The number of aliphatic hydroxyl groups is 1. The molecule has 0 fully saturated rings. The second-order valence-electron chi connectivity index (χ2n) is 3.63. The van der Waals surface area contributed by atoms with Crippen LogP contribution in [0.3, 0.4) is 0 Å². The van der Waals surface area contributed by atoms with Crippen molar-refractivity contribution < 1.29 is 14.6 Å². The number of rotatable bonds is 4. The zero-order valence-electron chi connectivity index (χ0n) is 9.06. The highest BCUT2D eigenvalue weighted by Crippen LogP contribution is 2.08. The van der Waals surface area contributed by atoms with Crippen molar-refractivity contribution >= 4 is 5.97 Å². The van der Waals surface area contributed by atoms with Gasteiger partial charge in [0.1, 0.15) is 0 Å². The van der Waals surface area contributed by atoms with Crippen molar-refractivity contribution in [2.75, 3.05) is 7.11 Å². The fourth-order valence-electron chi connectivity index (χ4n) is 1.45. The predicted molar refractivity (Wildman–Crippen MR) is 57.5 cm³/mol. The quantitative estimate of drug-likeness (QED) is 0.759. The van der Waals surface area contributed by atoms with Crippen molar-refractivity contribution in [1.82, 2.24) is 0 Å². The molecule has 1 aromatic carbocycles. The molecule has 1 rings (SSSR count). The van der Waals surface area contributed by atoms with Gasteiger partial charge >= 0.3 is 5.97 Å².